The standard InChI is InChI=1S/C22H28FN5O2S/c1-13-15(14(2)28-20(24-13)26-21(27-28)31-6)11-19(29)25-18(22(3,4)5)12-30-17-10-8-7-9-16(17)23/h7-10,18H,11-12H2,1-6H3,(H,25,29). The van der Waals surface area contributed by atoms with Crippen molar-refractivity contribution in [2.45, 2.75) is 52.2 Å². The highest BCUT2D eigenvalue weighted by atomic mass is 32.2. The second-order valence-corrected chi connectivity index (χ2v) is 9.25. The first-order valence-corrected chi connectivity index (χ1v) is 11.3. The zero-order valence-corrected chi connectivity index (χ0v) is 19.5. The van der Waals surface area contributed by atoms with Gasteiger partial charge in [-0.25, -0.2) is 13.9 Å². The van der Waals surface area contributed by atoms with Gasteiger partial charge in [0.1, 0.15) is 6.61 Å². The van der Waals surface area contributed by atoms with Crippen molar-refractivity contribution in [2.75, 3.05) is 12.9 Å². The molecule has 9 heteroatoms. The van der Waals surface area contributed by atoms with Crippen LogP contribution in [0.15, 0.2) is 29.4 Å². The van der Waals surface area contributed by atoms with Crippen LogP contribution < -0.4 is 10.1 Å². The topological polar surface area (TPSA) is 81.4 Å². The SMILES string of the molecule is CSc1nc2nc(C)c(CC(=O)NC(COc3ccccc3F)C(C)(C)C)c(C)n2n1. The van der Waals surface area contributed by atoms with Crippen LogP contribution in [0.3, 0.4) is 0 Å². The number of benzene rings is 1. The van der Waals surface area contributed by atoms with Crippen LogP contribution in [0.1, 0.15) is 37.7 Å². The largest absolute Gasteiger partial charge is 0.488 e. The molecule has 0 aliphatic carbocycles. The Labute approximate surface area is 185 Å². The minimum Gasteiger partial charge on any atom is -0.488 e. The molecule has 0 radical (unpaired) electrons. The predicted molar refractivity (Wildman–Crippen MR) is 119 cm³/mol. The van der Waals surface area contributed by atoms with Crippen molar-refractivity contribution in [3.63, 3.8) is 0 Å². The van der Waals surface area contributed by atoms with Gasteiger partial charge in [-0.3, -0.25) is 4.79 Å². The maximum Gasteiger partial charge on any atom is 0.253 e. The average molecular weight is 446 g/mol. The summed E-state index contributed by atoms with van der Waals surface area (Å²) in [5.74, 6) is 0.108. The fraction of sp³-hybridized carbons (Fsp3) is 0.455. The van der Waals surface area contributed by atoms with Crippen LogP contribution in [0.2, 0.25) is 0 Å². The number of para-hydroxylation sites is 1. The molecule has 0 bridgehead atoms. The molecule has 166 valence electrons. The van der Waals surface area contributed by atoms with E-state index in [2.05, 4.69) is 20.4 Å². The van der Waals surface area contributed by atoms with Crippen molar-refractivity contribution in [1.29, 1.82) is 0 Å². The van der Waals surface area contributed by atoms with Crippen LogP contribution in [-0.4, -0.2) is 44.4 Å². The Bertz CT molecular complexity index is 1090. The van der Waals surface area contributed by atoms with E-state index in [0.717, 1.165) is 17.0 Å². The monoisotopic (exact) mass is 445 g/mol. The highest BCUT2D eigenvalue weighted by Crippen LogP contribution is 2.23. The molecule has 31 heavy (non-hydrogen) atoms. The van der Waals surface area contributed by atoms with Gasteiger partial charge in [-0.1, -0.05) is 44.7 Å². The van der Waals surface area contributed by atoms with E-state index in [9.17, 15) is 9.18 Å². The maximum atomic E-state index is 13.9. The van der Waals surface area contributed by atoms with Crippen molar-refractivity contribution in [3.05, 3.63) is 47.0 Å². The number of aryl methyl sites for hydroxylation is 2. The van der Waals surface area contributed by atoms with Crippen molar-refractivity contribution in [2.24, 2.45) is 5.41 Å². The van der Waals surface area contributed by atoms with Crippen molar-refractivity contribution in [3.8, 4) is 5.75 Å². The lowest BCUT2D eigenvalue weighted by atomic mass is 9.87. The zero-order valence-electron chi connectivity index (χ0n) is 18.7. The summed E-state index contributed by atoms with van der Waals surface area (Å²) in [7, 11) is 0. The second-order valence-electron chi connectivity index (χ2n) is 8.48. The molecule has 1 N–H and O–H groups in total. The van der Waals surface area contributed by atoms with Crippen molar-refractivity contribution >= 4 is 23.4 Å². The van der Waals surface area contributed by atoms with E-state index >= 15 is 0 Å². The summed E-state index contributed by atoms with van der Waals surface area (Å²) >= 11 is 1.44. The highest BCUT2D eigenvalue weighted by molar-refractivity contribution is 7.98. The number of nitrogens with one attached hydrogen (secondary N) is 1. The minimum atomic E-state index is -0.426. The second kappa shape index (κ2) is 9.21. The van der Waals surface area contributed by atoms with Crippen molar-refractivity contribution < 1.29 is 13.9 Å². The lowest BCUT2D eigenvalue weighted by molar-refractivity contribution is -0.122. The molecule has 0 aliphatic heterocycles. The van der Waals surface area contributed by atoms with Crippen LogP contribution in [0.25, 0.3) is 5.78 Å². The lowest BCUT2D eigenvalue weighted by Crippen LogP contribution is -2.48. The number of aromatic nitrogens is 4. The Hall–Kier alpha value is -2.68. The molecule has 7 nitrogen and oxygen atoms in total. The van der Waals surface area contributed by atoms with Gasteiger partial charge in [0.15, 0.2) is 11.6 Å². The average Bonchev–Trinajstić information content (AvgIpc) is 3.12. The molecule has 3 rings (SSSR count). The van der Waals surface area contributed by atoms with E-state index in [-0.39, 0.29) is 36.1 Å². The van der Waals surface area contributed by atoms with Gasteiger partial charge in [-0.2, -0.15) is 4.98 Å². The molecule has 1 amide bonds. The number of ether oxygens (including phenoxy) is 1. The quantitative estimate of drug-likeness (QED) is 0.558. The summed E-state index contributed by atoms with van der Waals surface area (Å²) in [4.78, 5) is 21.8. The fourth-order valence-corrected chi connectivity index (χ4v) is 3.52. The van der Waals surface area contributed by atoms with E-state index in [4.69, 9.17) is 4.74 Å². The molecule has 2 aromatic heterocycles. The Morgan fingerprint density at radius 3 is 2.61 bits per heavy atom. The fourth-order valence-electron chi connectivity index (χ4n) is 3.18. The Balaban J connectivity index is 1.76. The minimum absolute atomic E-state index is 0.154. The maximum absolute atomic E-state index is 13.9. The van der Waals surface area contributed by atoms with Crippen LogP contribution in [0.4, 0.5) is 4.39 Å². The number of thioether (sulfide) groups is 1. The van der Waals surface area contributed by atoms with E-state index in [1.54, 1.807) is 22.7 Å². The Morgan fingerprint density at radius 2 is 1.97 bits per heavy atom. The van der Waals surface area contributed by atoms with E-state index in [1.165, 1.54) is 17.8 Å². The highest BCUT2D eigenvalue weighted by Gasteiger charge is 2.28. The van der Waals surface area contributed by atoms with E-state index in [1.807, 2.05) is 40.9 Å². The number of carbonyl (C=O) groups is 1. The number of hydrogen-bond donors (Lipinski definition) is 1. The molecule has 0 spiro atoms. The lowest BCUT2D eigenvalue weighted by Gasteiger charge is -2.31. The van der Waals surface area contributed by atoms with Gasteiger partial charge >= 0.3 is 0 Å². The third-order valence-corrected chi connectivity index (χ3v) is 5.71. The number of nitrogens with zero attached hydrogens (tertiary/aromatic N) is 4. The van der Waals surface area contributed by atoms with Crippen LogP contribution in [0.5, 0.6) is 5.75 Å². The van der Waals surface area contributed by atoms with Gasteiger partial charge in [-0.05, 0) is 37.7 Å². The van der Waals surface area contributed by atoms with Gasteiger partial charge in [0.2, 0.25) is 11.1 Å². The van der Waals surface area contributed by atoms with Gasteiger partial charge < -0.3 is 10.1 Å². The normalized spacial score (nSPS) is 12.7. The molecule has 3 aromatic rings. The molecular formula is C22H28FN5O2S. The molecule has 1 aromatic carbocycles. The van der Waals surface area contributed by atoms with E-state index < -0.39 is 5.82 Å². The zero-order chi connectivity index (χ0) is 22.8. The number of amides is 1. The molecule has 0 fully saturated rings. The molecule has 0 saturated carbocycles. The van der Waals surface area contributed by atoms with Gasteiger partial charge in [0.25, 0.3) is 5.78 Å². The summed E-state index contributed by atoms with van der Waals surface area (Å²) in [6.45, 7) is 9.95. The van der Waals surface area contributed by atoms with Crippen LogP contribution >= 0.6 is 11.8 Å². The molecule has 0 saturated heterocycles. The third kappa shape index (κ3) is 5.33. The smallest absolute Gasteiger partial charge is 0.253 e. The number of carbonyl (C=O) groups excluding carboxylic acids is 1. The van der Waals surface area contributed by atoms with Gasteiger partial charge in [0.05, 0.1) is 12.5 Å². The summed E-state index contributed by atoms with van der Waals surface area (Å²) in [5, 5.41) is 8.11. The molecule has 2 heterocycles. The summed E-state index contributed by atoms with van der Waals surface area (Å²) in [6, 6.07) is 5.93. The van der Waals surface area contributed by atoms with Crippen LogP contribution in [-0.2, 0) is 11.2 Å². The Morgan fingerprint density at radius 1 is 1.26 bits per heavy atom. The van der Waals surface area contributed by atoms with Gasteiger partial charge in [-0.15, -0.1) is 5.10 Å². The molecule has 1 unspecified atom stereocenters. The first-order valence-electron chi connectivity index (χ1n) is 10.0. The summed E-state index contributed by atoms with van der Waals surface area (Å²) in [6.07, 6.45) is 2.06. The summed E-state index contributed by atoms with van der Waals surface area (Å²) in [5.41, 5.74) is 2.10. The first-order chi connectivity index (χ1) is 14.6. The number of halogens is 1. The van der Waals surface area contributed by atoms with Gasteiger partial charge in [0, 0.05) is 17.0 Å². The molecular weight excluding hydrogens is 417 g/mol. The molecule has 0 aliphatic rings. The third-order valence-electron chi connectivity index (χ3n) is 5.17. The number of rotatable bonds is 7. The first kappa shape index (κ1) is 23.0. The summed E-state index contributed by atoms with van der Waals surface area (Å²) < 4.78 is 21.2. The van der Waals surface area contributed by atoms with E-state index in [0.29, 0.717) is 10.9 Å². The Kier molecular flexibility index (Phi) is 6.83. The number of fused-ring (bicyclic) bond motifs is 1. The number of hydrogen-bond acceptors (Lipinski definition) is 6. The molecule has 1 atom stereocenters. The van der Waals surface area contributed by atoms with Crippen LogP contribution in [0, 0.1) is 25.1 Å². The predicted octanol–water partition coefficient (Wildman–Crippen LogP) is 3.75. The van der Waals surface area contributed by atoms with Crippen molar-refractivity contribution in [1.82, 2.24) is 24.9 Å².